The van der Waals surface area contributed by atoms with Crippen LogP contribution in [0.3, 0.4) is 0 Å². The quantitative estimate of drug-likeness (QED) is 0.451. The molecule has 1 saturated heterocycles. The summed E-state index contributed by atoms with van der Waals surface area (Å²) in [6, 6.07) is 6.80. The van der Waals surface area contributed by atoms with Gasteiger partial charge in [-0.15, -0.1) is 0 Å². The third-order valence-electron chi connectivity index (χ3n) is 6.84. The first-order valence-electron chi connectivity index (χ1n) is 11.9. The van der Waals surface area contributed by atoms with Crippen LogP contribution < -0.4 is 20.3 Å². The van der Waals surface area contributed by atoms with Crippen molar-refractivity contribution in [3.63, 3.8) is 0 Å². The molecule has 3 aromatic heterocycles. The molecule has 2 aliphatic rings. The van der Waals surface area contributed by atoms with Crippen LogP contribution in [0.1, 0.15) is 18.5 Å². The van der Waals surface area contributed by atoms with Crippen molar-refractivity contribution in [1.82, 2.24) is 24.9 Å². The fourth-order valence-corrected chi connectivity index (χ4v) is 4.93. The van der Waals surface area contributed by atoms with Crippen LogP contribution in [0.25, 0.3) is 21.8 Å². The fraction of sp³-hybridized carbons (Fsp3) is 0.400. The van der Waals surface area contributed by atoms with Crippen molar-refractivity contribution in [2.24, 2.45) is 0 Å². The van der Waals surface area contributed by atoms with Gasteiger partial charge in [-0.25, -0.2) is 4.39 Å². The molecule has 0 unspecified atom stereocenters. The van der Waals surface area contributed by atoms with E-state index >= 15 is 0 Å². The zero-order chi connectivity index (χ0) is 23.8. The molecule has 0 saturated carbocycles. The first-order chi connectivity index (χ1) is 17.2. The van der Waals surface area contributed by atoms with Crippen molar-refractivity contribution in [3.8, 4) is 11.5 Å². The lowest BCUT2D eigenvalue weighted by Gasteiger charge is -2.32. The zero-order valence-corrected chi connectivity index (χ0v) is 19.2. The topological polar surface area (TPSA) is 94.7 Å². The van der Waals surface area contributed by atoms with Gasteiger partial charge in [0.05, 0.1) is 22.8 Å². The van der Waals surface area contributed by atoms with E-state index in [0.29, 0.717) is 55.5 Å². The second-order valence-corrected chi connectivity index (χ2v) is 9.01. The molecule has 4 aromatic rings. The Labute approximate surface area is 200 Å². The molecule has 9 nitrogen and oxygen atoms in total. The SMILES string of the molecule is O=c1c2nocc2c2ccc(F)cc2n1CCN1CCC(NCc2cc3c(cn2)OCCO3)CC1. The highest BCUT2D eigenvalue weighted by Gasteiger charge is 2.21. The second kappa shape index (κ2) is 9.27. The molecular weight excluding hydrogens is 453 g/mol. The van der Waals surface area contributed by atoms with Gasteiger partial charge in [-0.05, 0) is 44.1 Å². The van der Waals surface area contributed by atoms with Crippen LogP contribution in [0.2, 0.25) is 0 Å². The Morgan fingerprint density at radius 2 is 1.89 bits per heavy atom. The normalized spacial score (nSPS) is 16.8. The molecule has 1 N–H and O–H groups in total. The maximum atomic E-state index is 14.0. The van der Waals surface area contributed by atoms with Crippen LogP contribution in [0.4, 0.5) is 4.39 Å². The summed E-state index contributed by atoms with van der Waals surface area (Å²) in [7, 11) is 0. The summed E-state index contributed by atoms with van der Waals surface area (Å²) in [5.74, 6) is 1.08. The molecule has 0 amide bonds. The Hall–Kier alpha value is -3.50. The lowest BCUT2D eigenvalue weighted by Crippen LogP contribution is -2.43. The minimum absolute atomic E-state index is 0.254. The highest BCUT2D eigenvalue weighted by Crippen LogP contribution is 2.29. The average molecular weight is 480 g/mol. The summed E-state index contributed by atoms with van der Waals surface area (Å²) in [6.07, 6.45) is 5.16. The summed E-state index contributed by atoms with van der Waals surface area (Å²) in [5.41, 5.74) is 1.52. The van der Waals surface area contributed by atoms with E-state index in [1.54, 1.807) is 16.8 Å². The Morgan fingerprint density at radius 3 is 2.74 bits per heavy atom. The molecule has 1 aromatic carbocycles. The maximum absolute atomic E-state index is 14.0. The first kappa shape index (κ1) is 22.0. The average Bonchev–Trinajstić information content (AvgIpc) is 3.38. The van der Waals surface area contributed by atoms with Gasteiger partial charge >= 0.3 is 0 Å². The lowest BCUT2D eigenvalue weighted by atomic mass is 10.0. The molecule has 2 aliphatic heterocycles. The largest absolute Gasteiger partial charge is 0.486 e. The van der Waals surface area contributed by atoms with Gasteiger partial charge in [0, 0.05) is 37.1 Å². The van der Waals surface area contributed by atoms with Crippen LogP contribution in [0.5, 0.6) is 11.5 Å². The first-order valence-corrected chi connectivity index (χ1v) is 11.9. The van der Waals surface area contributed by atoms with Crippen LogP contribution in [-0.4, -0.2) is 58.5 Å². The van der Waals surface area contributed by atoms with Crippen molar-refractivity contribution in [2.45, 2.75) is 32.0 Å². The van der Waals surface area contributed by atoms with Crippen LogP contribution in [-0.2, 0) is 13.1 Å². The Morgan fingerprint density at radius 1 is 1.06 bits per heavy atom. The number of likely N-dealkylation sites (tertiary alicyclic amines) is 1. The Kier molecular flexibility index (Phi) is 5.83. The summed E-state index contributed by atoms with van der Waals surface area (Å²) < 4.78 is 31.8. The van der Waals surface area contributed by atoms with E-state index in [0.717, 1.165) is 42.8 Å². The van der Waals surface area contributed by atoms with E-state index in [9.17, 15) is 9.18 Å². The number of nitrogens with zero attached hydrogens (tertiary/aromatic N) is 4. The molecule has 0 atom stereocenters. The predicted octanol–water partition coefficient (Wildman–Crippen LogP) is 2.70. The van der Waals surface area contributed by atoms with Gasteiger partial charge < -0.3 is 28.8 Å². The minimum Gasteiger partial charge on any atom is -0.486 e. The highest BCUT2D eigenvalue weighted by molar-refractivity contribution is 6.03. The Balaban J connectivity index is 1.07. The van der Waals surface area contributed by atoms with Crippen molar-refractivity contribution in [1.29, 1.82) is 0 Å². The van der Waals surface area contributed by atoms with Crippen molar-refractivity contribution >= 4 is 21.8 Å². The van der Waals surface area contributed by atoms with Crippen LogP contribution >= 0.6 is 0 Å². The summed E-state index contributed by atoms with van der Waals surface area (Å²) in [4.78, 5) is 19.8. The molecule has 10 heteroatoms. The number of piperidine rings is 1. The van der Waals surface area contributed by atoms with E-state index in [2.05, 4.69) is 20.4 Å². The van der Waals surface area contributed by atoms with Crippen molar-refractivity contribution in [2.75, 3.05) is 32.8 Å². The highest BCUT2D eigenvalue weighted by atomic mass is 19.1. The molecular formula is C25H26FN5O4. The van der Waals surface area contributed by atoms with E-state index in [1.165, 1.54) is 18.4 Å². The summed E-state index contributed by atoms with van der Waals surface area (Å²) in [5, 5.41) is 8.85. The molecule has 35 heavy (non-hydrogen) atoms. The number of benzene rings is 1. The third-order valence-corrected chi connectivity index (χ3v) is 6.84. The number of halogens is 1. The smallest absolute Gasteiger partial charge is 0.281 e. The maximum Gasteiger partial charge on any atom is 0.281 e. The van der Waals surface area contributed by atoms with Gasteiger partial charge in [0.2, 0.25) is 0 Å². The number of hydrogen-bond acceptors (Lipinski definition) is 8. The predicted molar refractivity (Wildman–Crippen MR) is 127 cm³/mol. The Bertz CT molecular complexity index is 1430. The van der Waals surface area contributed by atoms with Crippen molar-refractivity contribution in [3.05, 3.63) is 58.6 Å². The molecule has 6 rings (SSSR count). The van der Waals surface area contributed by atoms with Gasteiger partial charge in [0.1, 0.15) is 25.3 Å². The number of rotatable bonds is 6. The van der Waals surface area contributed by atoms with Gasteiger partial charge in [0.25, 0.3) is 5.56 Å². The number of aromatic nitrogens is 3. The van der Waals surface area contributed by atoms with E-state index in [-0.39, 0.29) is 16.9 Å². The van der Waals surface area contributed by atoms with Gasteiger partial charge in [-0.1, -0.05) is 5.16 Å². The summed E-state index contributed by atoms with van der Waals surface area (Å²) >= 11 is 0. The number of pyridine rings is 2. The molecule has 0 bridgehead atoms. The standard InChI is InChI=1S/C25H26FN5O4/c26-16-1-2-19-20-15-35-29-24(20)25(32)31(21(19)11-16)8-7-30-5-3-17(4-6-30)27-13-18-12-22-23(14-28-18)34-10-9-33-22/h1-2,11-12,14-15,17,27H,3-10,13H2. The van der Waals surface area contributed by atoms with Crippen LogP contribution in [0.15, 0.2) is 46.0 Å². The second-order valence-electron chi connectivity index (χ2n) is 9.01. The van der Waals surface area contributed by atoms with Crippen molar-refractivity contribution < 1.29 is 18.4 Å². The molecule has 0 radical (unpaired) electrons. The third kappa shape index (κ3) is 4.35. The molecule has 1 fully saturated rings. The molecule has 182 valence electrons. The number of ether oxygens (including phenoxy) is 2. The van der Waals surface area contributed by atoms with Gasteiger partial charge in [-0.2, -0.15) is 0 Å². The minimum atomic E-state index is -0.374. The number of nitrogens with one attached hydrogen (secondary N) is 1. The zero-order valence-electron chi connectivity index (χ0n) is 19.2. The number of fused-ring (bicyclic) bond motifs is 4. The monoisotopic (exact) mass is 479 g/mol. The molecule has 0 aliphatic carbocycles. The van der Waals surface area contributed by atoms with Gasteiger partial charge in [0.15, 0.2) is 17.0 Å². The van der Waals surface area contributed by atoms with Crippen LogP contribution in [0, 0.1) is 5.82 Å². The molecule has 5 heterocycles. The fourth-order valence-electron chi connectivity index (χ4n) is 4.93. The lowest BCUT2D eigenvalue weighted by molar-refractivity contribution is 0.170. The van der Waals surface area contributed by atoms with E-state index < -0.39 is 0 Å². The van der Waals surface area contributed by atoms with E-state index in [1.807, 2.05) is 6.07 Å². The van der Waals surface area contributed by atoms with Gasteiger partial charge in [-0.3, -0.25) is 9.78 Å². The molecule has 0 spiro atoms. The summed E-state index contributed by atoms with van der Waals surface area (Å²) in [6.45, 7) is 4.78. The van der Waals surface area contributed by atoms with E-state index in [4.69, 9.17) is 14.0 Å². The number of hydrogen-bond donors (Lipinski definition) is 1.